The van der Waals surface area contributed by atoms with Crippen molar-refractivity contribution in [2.75, 3.05) is 32.7 Å². The highest BCUT2D eigenvalue weighted by Gasteiger charge is 2.56. The highest BCUT2D eigenvalue weighted by atomic mass is 19.1. The molecule has 1 spiro atoms. The summed E-state index contributed by atoms with van der Waals surface area (Å²) in [6, 6.07) is 20.4. The Morgan fingerprint density at radius 1 is 1.00 bits per heavy atom. The van der Waals surface area contributed by atoms with Gasteiger partial charge in [0.15, 0.2) is 0 Å². The molecule has 1 aromatic heterocycles. The van der Waals surface area contributed by atoms with E-state index in [0.29, 0.717) is 38.2 Å². The summed E-state index contributed by atoms with van der Waals surface area (Å²) in [6.07, 6.45) is 5.04. The zero-order chi connectivity index (χ0) is 27.7. The van der Waals surface area contributed by atoms with E-state index < -0.39 is 16.8 Å². The van der Waals surface area contributed by atoms with Gasteiger partial charge in [-0.2, -0.15) is 0 Å². The molecule has 2 unspecified atom stereocenters. The molecule has 2 atom stereocenters. The van der Waals surface area contributed by atoms with Gasteiger partial charge >= 0.3 is 6.03 Å². The van der Waals surface area contributed by atoms with Crippen LogP contribution in [-0.2, 0) is 6.54 Å². The number of urea groups is 1. The van der Waals surface area contributed by atoms with Gasteiger partial charge in [0, 0.05) is 56.0 Å². The third kappa shape index (κ3) is 4.84. The maximum absolute atomic E-state index is 15.2. The van der Waals surface area contributed by atoms with Crippen LogP contribution in [0.3, 0.4) is 0 Å². The number of pyridine rings is 1. The highest BCUT2D eigenvalue weighted by molar-refractivity contribution is 5.75. The zero-order valence-electron chi connectivity index (χ0n) is 22.8. The normalized spacial score (nSPS) is 24.4. The summed E-state index contributed by atoms with van der Waals surface area (Å²) in [5, 5.41) is 15.6. The van der Waals surface area contributed by atoms with E-state index in [-0.39, 0.29) is 29.7 Å². The van der Waals surface area contributed by atoms with E-state index in [4.69, 9.17) is 0 Å². The molecule has 3 heterocycles. The van der Waals surface area contributed by atoms with E-state index in [1.807, 2.05) is 46.2 Å². The van der Waals surface area contributed by atoms with Crippen molar-refractivity contribution in [1.29, 1.82) is 0 Å². The smallest absolute Gasteiger partial charge is 0.320 e. The number of nitrogens with one attached hydrogen (secondary N) is 1. The maximum atomic E-state index is 15.2. The van der Waals surface area contributed by atoms with Gasteiger partial charge in [0.1, 0.15) is 5.82 Å². The fraction of sp³-hybridized carbons (Fsp3) is 0.438. The Morgan fingerprint density at radius 3 is 2.42 bits per heavy atom. The van der Waals surface area contributed by atoms with Crippen molar-refractivity contribution in [2.45, 2.75) is 50.3 Å². The number of aromatic nitrogens is 1. The predicted molar refractivity (Wildman–Crippen MR) is 152 cm³/mol. The van der Waals surface area contributed by atoms with E-state index in [1.54, 1.807) is 12.1 Å². The lowest BCUT2D eigenvalue weighted by Gasteiger charge is -2.53. The molecule has 2 N–H and O–H groups in total. The second kappa shape index (κ2) is 10.8. The number of nitrogens with zero attached hydrogens (tertiary/aromatic N) is 3. The summed E-state index contributed by atoms with van der Waals surface area (Å²) < 4.78 is 16.5. The molecule has 210 valence electrons. The van der Waals surface area contributed by atoms with E-state index >= 15 is 4.39 Å². The molecule has 2 aromatic carbocycles. The molecule has 1 aliphatic carbocycles. The van der Waals surface area contributed by atoms with Gasteiger partial charge in [-0.1, -0.05) is 73.5 Å². The second-order valence-corrected chi connectivity index (χ2v) is 11.7. The topological polar surface area (TPSA) is 77.8 Å². The minimum atomic E-state index is -1.22. The first-order valence-corrected chi connectivity index (χ1v) is 14.4. The number of benzene rings is 2. The molecule has 40 heavy (non-hydrogen) atoms. The van der Waals surface area contributed by atoms with Gasteiger partial charge in [-0.05, 0) is 30.4 Å². The number of hydrogen-bond acceptors (Lipinski definition) is 4. The number of piperidine rings is 1. The van der Waals surface area contributed by atoms with Crippen molar-refractivity contribution in [3.63, 3.8) is 0 Å². The SMILES string of the molecule is O=C(N1CCC(O)(Cn2cc(F)c(-c3ccccc3)cc2=O)C2(CCCC2)C1)N1CCNCC1c1ccccc1. The van der Waals surface area contributed by atoms with Crippen LogP contribution in [0.25, 0.3) is 11.1 Å². The molecular weight excluding hydrogens is 507 g/mol. The fourth-order valence-corrected chi connectivity index (χ4v) is 7.14. The number of likely N-dealkylation sites (tertiary alicyclic amines) is 1. The van der Waals surface area contributed by atoms with Crippen molar-refractivity contribution in [3.8, 4) is 11.1 Å². The molecule has 6 rings (SSSR count). The third-order valence-electron chi connectivity index (χ3n) is 9.37. The lowest BCUT2D eigenvalue weighted by molar-refractivity contribution is -0.136. The van der Waals surface area contributed by atoms with Gasteiger partial charge in [0.2, 0.25) is 0 Å². The lowest BCUT2D eigenvalue weighted by Crippen LogP contribution is -2.64. The van der Waals surface area contributed by atoms with Crippen molar-refractivity contribution in [3.05, 3.63) is 94.7 Å². The van der Waals surface area contributed by atoms with Crippen LogP contribution in [0.5, 0.6) is 0 Å². The van der Waals surface area contributed by atoms with Crippen LogP contribution in [0.1, 0.15) is 43.7 Å². The van der Waals surface area contributed by atoms with Gasteiger partial charge in [-0.15, -0.1) is 0 Å². The van der Waals surface area contributed by atoms with Crippen molar-refractivity contribution >= 4 is 6.03 Å². The monoisotopic (exact) mass is 544 g/mol. The molecule has 2 amide bonds. The average Bonchev–Trinajstić information content (AvgIpc) is 3.47. The first-order valence-electron chi connectivity index (χ1n) is 14.4. The summed E-state index contributed by atoms with van der Waals surface area (Å²) in [7, 11) is 0. The molecule has 3 fully saturated rings. The van der Waals surface area contributed by atoms with Crippen LogP contribution in [0, 0.1) is 11.2 Å². The number of aliphatic hydroxyl groups is 1. The van der Waals surface area contributed by atoms with Gasteiger partial charge in [-0.25, -0.2) is 9.18 Å². The summed E-state index contributed by atoms with van der Waals surface area (Å²) in [6.45, 7) is 2.90. The first kappa shape index (κ1) is 26.7. The third-order valence-corrected chi connectivity index (χ3v) is 9.37. The van der Waals surface area contributed by atoms with E-state index in [2.05, 4.69) is 17.4 Å². The Labute approximate surface area is 234 Å². The molecule has 0 bridgehead atoms. The number of hydrogen-bond donors (Lipinski definition) is 2. The molecule has 8 heteroatoms. The molecule has 2 aliphatic heterocycles. The number of carbonyl (C=O) groups excluding carboxylic acids is 1. The van der Waals surface area contributed by atoms with E-state index in [0.717, 1.165) is 37.8 Å². The highest BCUT2D eigenvalue weighted by Crippen LogP contribution is 2.52. The van der Waals surface area contributed by atoms with Gasteiger partial charge in [0.25, 0.3) is 5.56 Å². The van der Waals surface area contributed by atoms with Crippen LogP contribution in [0.2, 0.25) is 0 Å². The second-order valence-electron chi connectivity index (χ2n) is 11.7. The summed E-state index contributed by atoms with van der Waals surface area (Å²) >= 11 is 0. The minimum absolute atomic E-state index is 0.000830. The van der Waals surface area contributed by atoms with Crippen LogP contribution < -0.4 is 10.9 Å². The molecule has 3 aromatic rings. The Balaban J connectivity index is 1.24. The molecule has 7 nitrogen and oxygen atoms in total. The standard InChI is InChI=1S/C32H37FN4O3/c33-27-21-36(29(38)19-26(27)24-9-3-1-4-10-24)23-32(40)15-17-35(22-31(32)13-7-8-14-31)30(39)37-18-16-34-20-28(37)25-11-5-2-6-12-25/h1-6,9-12,19,21,28,34,40H,7-8,13-18,20,22-23H2. The van der Waals surface area contributed by atoms with E-state index in [9.17, 15) is 14.7 Å². The molecule has 2 saturated heterocycles. The lowest BCUT2D eigenvalue weighted by atomic mass is 9.66. The van der Waals surface area contributed by atoms with Crippen molar-refractivity contribution in [1.82, 2.24) is 19.7 Å². The Hall–Kier alpha value is -3.49. The van der Waals surface area contributed by atoms with Gasteiger partial charge in [-0.3, -0.25) is 4.79 Å². The molecule has 0 radical (unpaired) electrons. The summed E-state index contributed by atoms with van der Waals surface area (Å²) in [4.78, 5) is 31.0. The number of amides is 2. The number of piperazine rings is 1. The van der Waals surface area contributed by atoms with Gasteiger partial charge in [0.05, 0.1) is 18.2 Å². The van der Waals surface area contributed by atoms with Crippen LogP contribution >= 0.6 is 0 Å². The largest absolute Gasteiger partial charge is 0.387 e. The number of rotatable bonds is 4. The number of halogens is 1. The van der Waals surface area contributed by atoms with Gasteiger partial charge < -0.3 is 24.8 Å². The number of carbonyl (C=O) groups is 1. The summed E-state index contributed by atoms with van der Waals surface area (Å²) in [5.41, 5.74) is -0.0879. The zero-order valence-corrected chi connectivity index (χ0v) is 22.8. The van der Waals surface area contributed by atoms with Crippen LogP contribution in [0.15, 0.2) is 77.7 Å². The summed E-state index contributed by atoms with van der Waals surface area (Å²) in [5.74, 6) is -0.492. The first-order chi connectivity index (χ1) is 19.4. The van der Waals surface area contributed by atoms with Crippen molar-refractivity contribution in [2.24, 2.45) is 5.41 Å². The molecular formula is C32H37FN4O3. The maximum Gasteiger partial charge on any atom is 0.320 e. The molecule has 3 aliphatic rings. The predicted octanol–water partition coefficient (Wildman–Crippen LogP) is 4.42. The Kier molecular flexibility index (Phi) is 7.23. The fourth-order valence-electron chi connectivity index (χ4n) is 7.14. The van der Waals surface area contributed by atoms with Crippen LogP contribution in [0.4, 0.5) is 9.18 Å². The molecule has 1 saturated carbocycles. The minimum Gasteiger partial charge on any atom is -0.387 e. The van der Waals surface area contributed by atoms with Crippen LogP contribution in [-0.4, -0.2) is 63.8 Å². The van der Waals surface area contributed by atoms with Crippen molar-refractivity contribution < 1.29 is 14.3 Å². The van der Waals surface area contributed by atoms with E-state index in [1.165, 1.54) is 16.8 Å². The average molecular weight is 545 g/mol. The quantitative estimate of drug-likeness (QED) is 0.510. The Bertz CT molecular complexity index is 1410. The Morgan fingerprint density at radius 2 is 1.70 bits per heavy atom.